The van der Waals surface area contributed by atoms with E-state index in [1.807, 2.05) is 0 Å². The number of carbonyl (C=O) groups excluding carboxylic acids is 2. The van der Waals surface area contributed by atoms with Crippen LogP contribution in [0.25, 0.3) is 6.08 Å². The molecule has 0 heterocycles. The van der Waals surface area contributed by atoms with E-state index in [-0.39, 0.29) is 23.4 Å². The van der Waals surface area contributed by atoms with E-state index >= 15 is 0 Å². The number of benzene rings is 2. The predicted molar refractivity (Wildman–Crippen MR) is 88.5 cm³/mol. The van der Waals surface area contributed by atoms with Crippen LogP contribution >= 0.6 is 0 Å². The maximum Gasteiger partial charge on any atom is 0.342 e. The number of carbonyl (C=O) groups is 2. The first-order chi connectivity index (χ1) is 11.5. The molecule has 0 aromatic heterocycles. The van der Waals surface area contributed by atoms with Gasteiger partial charge in [0.05, 0.1) is 17.1 Å². The fourth-order valence-corrected chi connectivity index (χ4v) is 2.10. The Kier molecular flexibility index (Phi) is 5.57. The number of hydrogen-bond donors (Lipinski definition) is 0. The van der Waals surface area contributed by atoms with E-state index in [1.165, 1.54) is 24.3 Å². The van der Waals surface area contributed by atoms with Crippen LogP contribution in [-0.4, -0.2) is 23.3 Å². The first-order valence-electron chi connectivity index (χ1n) is 7.26. The van der Waals surface area contributed by atoms with E-state index in [0.29, 0.717) is 5.56 Å². The fraction of sp³-hybridized carbons (Fsp3) is 0.111. The third kappa shape index (κ3) is 3.92. The van der Waals surface area contributed by atoms with Crippen LogP contribution in [0.5, 0.6) is 0 Å². The first kappa shape index (κ1) is 17.1. The third-order valence-electron chi connectivity index (χ3n) is 3.21. The maximum atomic E-state index is 12.6. The number of esters is 1. The summed E-state index contributed by atoms with van der Waals surface area (Å²) in [4.78, 5) is 35.3. The average molecular weight is 325 g/mol. The zero-order chi connectivity index (χ0) is 17.5. The molecule has 0 radical (unpaired) electrons. The highest BCUT2D eigenvalue weighted by Gasteiger charge is 2.23. The van der Waals surface area contributed by atoms with Gasteiger partial charge in [0.2, 0.25) is 0 Å². The lowest BCUT2D eigenvalue weighted by Gasteiger charge is -2.07. The molecule has 0 N–H and O–H groups in total. The zero-order valence-corrected chi connectivity index (χ0v) is 13.0. The molecule has 0 unspecified atom stereocenters. The van der Waals surface area contributed by atoms with Crippen molar-refractivity contribution in [3.05, 3.63) is 81.4 Å². The van der Waals surface area contributed by atoms with Crippen LogP contribution in [0, 0.1) is 10.1 Å². The quantitative estimate of drug-likeness (QED) is 0.154. The normalized spacial score (nSPS) is 11.0. The summed E-state index contributed by atoms with van der Waals surface area (Å²) in [6, 6.07) is 14.1. The molecule has 24 heavy (non-hydrogen) atoms. The molecular formula is C18H15NO5. The molecule has 0 atom stereocenters. The number of hydrogen-bond acceptors (Lipinski definition) is 5. The van der Waals surface area contributed by atoms with Gasteiger partial charge in [0.15, 0.2) is 5.78 Å². The zero-order valence-electron chi connectivity index (χ0n) is 13.0. The van der Waals surface area contributed by atoms with Crippen LogP contribution in [0.2, 0.25) is 0 Å². The second kappa shape index (κ2) is 7.82. The Bertz CT molecular complexity index is 796. The summed E-state index contributed by atoms with van der Waals surface area (Å²) in [5.41, 5.74) is 0.0164. The van der Waals surface area contributed by atoms with Gasteiger partial charge in [0, 0.05) is 11.6 Å². The van der Waals surface area contributed by atoms with Crippen molar-refractivity contribution in [1.29, 1.82) is 0 Å². The summed E-state index contributed by atoms with van der Waals surface area (Å²) in [6.07, 6.45) is 1.20. The van der Waals surface area contributed by atoms with Gasteiger partial charge in [-0.2, -0.15) is 0 Å². The Hall–Kier alpha value is -3.28. The van der Waals surface area contributed by atoms with Crippen molar-refractivity contribution < 1.29 is 19.2 Å². The SMILES string of the molecule is CCOC(=O)/C(=C/c1ccccc1[N+](=O)[O-])C(=O)c1ccccc1. The van der Waals surface area contributed by atoms with Crippen LogP contribution < -0.4 is 0 Å². The van der Waals surface area contributed by atoms with E-state index in [0.717, 1.165) is 0 Å². The van der Waals surface area contributed by atoms with Gasteiger partial charge in [0.1, 0.15) is 5.57 Å². The van der Waals surface area contributed by atoms with Crippen molar-refractivity contribution in [2.24, 2.45) is 0 Å². The van der Waals surface area contributed by atoms with Crippen molar-refractivity contribution >= 4 is 23.5 Å². The van der Waals surface area contributed by atoms with Crippen molar-refractivity contribution in [1.82, 2.24) is 0 Å². The Morgan fingerprint density at radius 1 is 1.08 bits per heavy atom. The second-order valence-corrected chi connectivity index (χ2v) is 4.79. The van der Waals surface area contributed by atoms with Crippen LogP contribution in [0.1, 0.15) is 22.8 Å². The summed E-state index contributed by atoms with van der Waals surface area (Å²) in [5, 5.41) is 11.1. The van der Waals surface area contributed by atoms with Gasteiger partial charge in [0.25, 0.3) is 5.69 Å². The van der Waals surface area contributed by atoms with E-state index in [1.54, 1.807) is 43.3 Å². The van der Waals surface area contributed by atoms with Crippen molar-refractivity contribution in [3.8, 4) is 0 Å². The van der Waals surface area contributed by atoms with Crippen LogP contribution in [0.15, 0.2) is 60.2 Å². The number of ketones is 1. The Labute approximate surface area is 138 Å². The average Bonchev–Trinajstić information content (AvgIpc) is 2.60. The molecule has 6 nitrogen and oxygen atoms in total. The smallest absolute Gasteiger partial charge is 0.342 e. The fourth-order valence-electron chi connectivity index (χ4n) is 2.10. The Morgan fingerprint density at radius 3 is 2.33 bits per heavy atom. The lowest BCUT2D eigenvalue weighted by molar-refractivity contribution is -0.385. The molecule has 2 aromatic rings. The lowest BCUT2D eigenvalue weighted by atomic mass is 10.0. The van der Waals surface area contributed by atoms with Gasteiger partial charge in [-0.3, -0.25) is 14.9 Å². The summed E-state index contributed by atoms with van der Waals surface area (Å²) < 4.78 is 4.92. The standard InChI is InChI=1S/C18H15NO5/c1-2-24-18(21)15(17(20)13-8-4-3-5-9-13)12-14-10-6-7-11-16(14)19(22)23/h3-12H,2H2,1H3/b15-12+. The largest absolute Gasteiger partial charge is 0.462 e. The number of nitro benzene ring substituents is 1. The Balaban J connectivity index is 2.53. The predicted octanol–water partition coefficient (Wildman–Crippen LogP) is 3.42. The van der Waals surface area contributed by atoms with Crippen molar-refractivity contribution in [2.45, 2.75) is 6.92 Å². The molecule has 0 spiro atoms. The summed E-state index contributed by atoms with van der Waals surface area (Å²) in [6.45, 7) is 1.71. The topological polar surface area (TPSA) is 86.5 Å². The molecule has 0 aliphatic carbocycles. The van der Waals surface area contributed by atoms with E-state index in [2.05, 4.69) is 0 Å². The van der Waals surface area contributed by atoms with Gasteiger partial charge in [-0.15, -0.1) is 0 Å². The number of para-hydroxylation sites is 1. The molecule has 0 aliphatic heterocycles. The van der Waals surface area contributed by atoms with Gasteiger partial charge >= 0.3 is 5.97 Å². The summed E-state index contributed by atoms with van der Waals surface area (Å²) in [5.74, 6) is -1.36. The van der Waals surface area contributed by atoms with Crippen LogP contribution in [0.3, 0.4) is 0 Å². The van der Waals surface area contributed by atoms with E-state index in [4.69, 9.17) is 4.74 Å². The highest BCUT2D eigenvalue weighted by atomic mass is 16.6. The first-order valence-corrected chi connectivity index (χ1v) is 7.26. The number of nitro groups is 1. The van der Waals surface area contributed by atoms with Gasteiger partial charge in [-0.05, 0) is 19.1 Å². The highest BCUT2D eigenvalue weighted by Crippen LogP contribution is 2.22. The minimum Gasteiger partial charge on any atom is -0.462 e. The molecule has 0 saturated carbocycles. The van der Waals surface area contributed by atoms with Crippen LogP contribution in [-0.2, 0) is 9.53 Å². The van der Waals surface area contributed by atoms with Gasteiger partial charge < -0.3 is 4.74 Å². The maximum absolute atomic E-state index is 12.6. The number of ether oxygens (including phenoxy) is 1. The second-order valence-electron chi connectivity index (χ2n) is 4.79. The number of Topliss-reactive ketones (excluding diaryl/α,β-unsaturated/α-hetero) is 1. The van der Waals surface area contributed by atoms with Gasteiger partial charge in [-0.1, -0.05) is 42.5 Å². The minimum atomic E-state index is -0.815. The number of rotatable bonds is 6. The molecule has 6 heteroatoms. The monoisotopic (exact) mass is 325 g/mol. The number of nitrogens with zero attached hydrogens (tertiary/aromatic N) is 1. The molecule has 0 fully saturated rings. The molecule has 2 rings (SSSR count). The molecule has 0 saturated heterocycles. The van der Waals surface area contributed by atoms with E-state index in [9.17, 15) is 19.7 Å². The summed E-state index contributed by atoms with van der Waals surface area (Å²) >= 11 is 0. The van der Waals surface area contributed by atoms with Crippen LogP contribution in [0.4, 0.5) is 5.69 Å². The molecule has 2 aromatic carbocycles. The van der Waals surface area contributed by atoms with Gasteiger partial charge in [-0.25, -0.2) is 4.79 Å². The molecule has 0 aliphatic rings. The third-order valence-corrected chi connectivity index (χ3v) is 3.21. The highest BCUT2D eigenvalue weighted by molar-refractivity contribution is 6.27. The Morgan fingerprint density at radius 2 is 1.71 bits per heavy atom. The molecule has 122 valence electrons. The minimum absolute atomic E-state index is 0.0924. The van der Waals surface area contributed by atoms with Crippen molar-refractivity contribution in [2.75, 3.05) is 6.61 Å². The molecule has 0 bridgehead atoms. The molecule has 0 amide bonds. The molecular weight excluding hydrogens is 310 g/mol. The van der Waals surface area contributed by atoms with Crippen molar-refractivity contribution in [3.63, 3.8) is 0 Å². The van der Waals surface area contributed by atoms with E-state index < -0.39 is 16.7 Å². The lowest BCUT2D eigenvalue weighted by Crippen LogP contribution is -2.16. The summed E-state index contributed by atoms with van der Waals surface area (Å²) in [7, 11) is 0.